The van der Waals surface area contributed by atoms with Gasteiger partial charge >= 0.3 is 12.2 Å². The number of benzene rings is 1. The largest absolute Gasteiger partial charge is 0.493 e. The van der Waals surface area contributed by atoms with Crippen molar-refractivity contribution in [2.24, 2.45) is 11.3 Å². The van der Waals surface area contributed by atoms with Gasteiger partial charge in [-0.2, -0.15) is 23.1 Å². The lowest BCUT2D eigenvalue weighted by atomic mass is 9.93. The monoisotopic (exact) mass is 573 g/mol. The van der Waals surface area contributed by atoms with Gasteiger partial charge in [-0.3, -0.25) is 4.79 Å². The average Bonchev–Trinajstić information content (AvgIpc) is 2.93. The molecule has 41 heavy (non-hydrogen) atoms. The molecule has 0 saturated carbocycles. The van der Waals surface area contributed by atoms with Crippen LogP contribution in [0, 0.1) is 11.3 Å². The minimum absolute atomic E-state index is 0.158. The van der Waals surface area contributed by atoms with Crippen LogP contribution in [0.1, 0.15) is 36.7 Å². The molecule has 7 rings (SSSR count). The third-order valence-electron chi connectivity index (χ3n) is 6.11. The van der Waals surface area contributed by atoms with Crippen LogP contribution in [-0.4, -0.2) is 59.9 Å². The number of rotatable bonds is 2. The summed E-state index contributed by atoms with van der Waals surface area (Å²) in [5.41, 5.74) is 1.08. The summed E-state index contributed by atoms with van der Waals surface area (Å²) < 4.78 is 49.0. The second kappa shape index (κ2) is 13.0. The number of halogens is 3. The van der Waals surface area contributed by atoms with Crippen LogP contribution in [0.15, 0.2) is 48.7 Å². The van der Waals surface area contributed by atoms with Gasteiger partial charge in [0.1, 0.15) is 23.2 Å². The number of carbonyl (C=O) groups is 1. The van der Waals surface area contributed by atoms with Crippen molar-refractivity contribution in [2.75, 3.05) is 43.5 Å². The van der Waals surface area contributed by atoms with Crippen LogP contribution >= 0.6 is 0 Å². The first-order valence-electron chi connectivity index (χ1n) is 13.2. The fraction of sp³-hybridized carbons (Fsp3) is 0.429. The Morgan fingerprint density at radius 2 is 1.78 bits per heavy atom. The van der Waals surface area contributed by atoms with Gasteiger partial charge in [-0.1, -0.05) is 32.9 Å². The van der Waals surface area contributed by atoms with E-state index in [-0.39, 0.29) is 28.9 Å². The molecule has 0 radical (unpaired) electrons. The molecule has 4 aliphatic heterocycles. The minimum atomic E-state index is -4.55. The summed E-state index contributed by atoms with van der Waals surface area (Å²) >= 11 is 0. The molecular weight excluding hydrogens is 539 g/mol. The van der Waals surface area contributed by atoms with Crippen LogP contribution < -0.4 is 30.7 Å². The average molecular weight is 574 g/mol. The van der Waals surface area contributed by atoms with Crippen molar-refractivity contribution < 1.29 is 27.4 Å². The predicted molar refractivity (Wildman–Crippen MR) is 149 cm³/mol. The van der Waals surface area contributed by atoms with Crippen molar-refractivity contribution in [3.8, 4) is 11.8 Å². The lowest BCUT2D eigenvalue weighted by Gasteiger charge is -2.26. The van der Waals surface area contributed by atoms with Gasteiger partial charge in [-0.15, -0.1) is 0 Å². The Bertz CT molecular complexity index is 1300. The van der Waals surface area contributed by atoms with Gasteiger partial charge in [0.15, 0.2) is 6.61 Å². The summed E-state index contributed by atoms with van der Waals surface area (Å²) in [5.74, 6) is 1.45. The molecule has 6 bridgehead atoms. The fourth-order valence-electron chi connectivity index (χ4n) is 3.86. The Balaban J connectivity index is 1.57. The summed E-state index contributed by atoms with van der Waals surface area (Å²) in [4.78, 5) is 25.1. The zero-order valence-corrected chi connectivity index (χ0v) is 23.1. The zero-order valence-electron chi connectivity index (χ0n) is 23.1. The molecule has 4 aliphatic rings. The summed E-state index contributed by atoms with van der Waals surface area (Å²) in [7, 11) is 0. The molecule has 6 heterocycles. The second-order valence-corrected chi connectivity index (χ2v) is 10.8. The molecule has 220 valence electrons. The smallest absolute Gasteiger partial charge is 0.422 e. The van der Waals surface area contributed by atoms with Crippen molar-refractivity contribution >= 4 is 23.4 Å². The van der Waals surface area contributed by atoms with E-state index < -0.39 is 18.8 Å². The number of anilines is 3. The molecule has 0 saturated heterocycles. The molecule has 1 atom stereocenters. The maximum Gasteiger partial charge on any atom is 0.422 e. The lowest BCUT2D eigenvalue weighted by Crippen LogP contribution is -2.41. The number of nitrogens with zero attached hydrogens (tertiary/aromatic N) is 3. The molecule has 0 aliphatic carbocycles. The quantitative estimate of drug-likeness (QED) is 0.350. The van der Waals surface area contributed by atoms with Gasteiger partial charge in [0, 0.05) is 44.4 Å². The van der Waals surface area contributed by atoms with E-state index in [1.807, 2.05) is 24.3 Å². The number of ether oxygens (including phenoxy) is 2. The van der Waals surface area contributed by atoms with Gasteiger partial charge in [0.25, 0.3) is 5.91 Å². The van der Waals surface area contributed by atoms with E-state index in [2.05, 4.69) is 57.0 Å². The Morgan fingerprint density at radius 3 is 2.49 bits per heavy atom. The topological polar surface area (TPSA) is 122 Å². The highest BCUT2D eigenvalue weighted by Crippen LogP contribution is 2.23. The summed E-state index contributed by atoms with van der Waals surface area (Å²) in [6, 6.07) is 11.8. The van der Waals surface area contributed by atoms with Gasteiger partial charge in [-0.05, 0) is 35.2 Å². The van der Waals surface area contributed by atoms with Crippen LogP contribution in [0.3, 0.4) is 0 Å². The van der Waals surface area contributed by atoms with E-state index in [1.54, 1.807) is 12.1 Å². The maximum atomic E-state index is 12.8. The first kappa shape index (κ1) is 29.8. The third kappa shape index (κ3) is 9.78. The number of amides is 1. The number of aromatic nitrogens is 3. The first-order chi connectivity index (χ1) is 19.4. The zero-order chi connectivity index (χ0) is 29.5. The number of carbonyl (C=O) groups excluding carboxylic acids is 1. The number of hydrogen-bond acceptors (Lipinski definition) is 9. The van der Waals surface area contributed by atoms with Crippen molar-refractivity contribution in [3.63, 3.8) is 0 Å². The Kier molecular flexibility index (Phi) is 9.48. The van der Waals surface area contributed by atoms with Crippen LogP contribution in [0.4, 0.5) is 30.6 Å². The van der Waals surface area contributed by atoms with E-state index >= 15 is 0 Å². The molecule has 0 spiro atoms. The van der Waals surface area contributed by atoms with Gasteiger partial charge < -0.3 is 30.7 Å². The molecule has 4 N–H and O–H groups in total. The van der Waals surface area contributed by atoms with Crippen molar-refractivity contribution in [2.45, 2.75) is 33.5 Å². The number of pyridine rings is 1. The first-order valence-corrected chi connectivity index (χ1v) is 13.2. The van der Waals surface area contributed by atoms with Crippen molar-refractivity contribution in [1.82, 2.24) is 25.6 Å². The number of hydrogen-bond donors (Lipinski definition) is 4. The maximum absolute atomic E-state index is 12.8. The molecule has 0 unspecified atom stereocenters. The summed E-state index contributed by atoms with van der Waals surface area (Å²) in [6.45, 7) is 7.47. The third-order valence-corrected chi connectivity index (χ3v) is 6.11. The predicted octanol–water partition coefficient (Wildman–Crippen LogP) is 4.54. The molecule has 3 aromatic rings. The van der Waals surface area contributed by atoms with Crippen LogP contribution in [0.25, 0.3) is 0 Å². The van der Waals surface area contributed by atoms with Gasteiger partial charge in [-0.25, -0.2) is 4.98 Å². The van der Waals surface area contributed by atoms with E-state index in [9.17, 15) is 18.0 Å². The minimum Gasteiger partial charge on any atom is -0.493 e. The molecule has 1 amide bonds. The Labute approximate surface area is 236 Å². The number of nitrogens with one attached hydrogen (secondary N) is 4. The molecule has 2 aromatic heterocycles. The van der Waals surface area contributed by atoms with Crippen LogP contribution in [0.5, 0.6) is 11.8 Å². The highest BCUT2D eigenvalue weighted by molar-refractivity contribution is 5.94. The molecule has 10 nitrogen and oxygen atoms in total. The van der Waals surface area contributed by atoms with E-state index in [0.29, 0.717) is 37.6 Å². The Morgan fingerprint density at radius 1 is 1.02 bits per heavy atom. The van der Waals surface area contributed by atoms with E-state index in [4.69, 9.17) is 9.47 Å². The van der Waals surface area contributed by atoms with E-state index in [1.165, 1.54) is 12.3 Å². The summed E-state index contributed by atoms with van der Waals surface area (Å²) in [5, 5.41) is 12.4. The molecular formula is C28H34F3N7O3. The number of alkyl halides is 3. The summed E-state index contributed by atoms with van der Waals surface area (Å²) in [6.07, 6.45) is -3.14. The standard InChI is InChI=1S/C28H34F3N7O3/c1-18-11-32-15-27(2,3)16-35-25(39)20-6-9-22(34-13-20)36-24-10-23(37-26(38-24)41-17-28(29,30)31)33-12-19-4-7-21(8-5-19)40-14-18/h4-10,13,18,32H,11-12,14-17H2,1-3H3,(H,35,39)(H2,33,34,36,37,38)/t18-/m1/s1. The normalized spacial score (nSPS) is 18.3. The molecule has 0 fully saturated rings. The van der Waals surface area contributed by atoms with Gasteiger partial charge in [0.05, 0.1) is 12.2 Å². The lowest BCUT2D eigenvalue weighted by molar-refractivity contribution is -0.154. The SMILES string of the molecule is C[C@@H]1CNCC(C)(C)CNC(=O)c2ccc(nc2)Nc2cc(nc(OCC(F)(F)F)n2)NCc2ccc(cc2)OC1. The second-order valence-electron chi connectivity index (χ2n) is 10.8. The highest BCUT2D eigenvalue weighted by atomic mass is 19.4. The molecule has 13 heteroatoms. The van der Waals surface area contributed by atoms with Gasteiger partial charge in [0.2, 0.25) is 0 Å². The van der Waals surface area contributed by atoms with Crippen molar-refractivity contribution in [1.29, 1.82) is 0 Å². The van der Waals surface area contributed by atoms with Crippen molar-refractivity contribution in [3.05, 3.63) is 59.8 Å². The molecule has 1 aromatic carbocycles. The Hall–Kier alpha value is -4.13. The van der Waals surface area contributed by atoms with Crippen LogP contribution in [-0.2, 0) is 6.54 Å². The van der Waals surface area contributed by atoms with E-state index in [0.717, 1.165) is 17.9 Å². The fourth-order valence-corrected chi connectivity index (χ4v) is 3.86. The van der Waals surface area contributed by atoms with Crippen LogP contribution in [0.2, 0.25) is 0 Å². The highest BCUT2D eigenvalue weighted by Gasteiger charge is 2.29.